The Balaban J connectivity index is 1.92. The summed E-state index contributed by atoms with van der Waals surface area (Å²) in [5.41, 5.74) is 1.11. The van der Waals surface area contributed by atoms with Gasteiger partial charge in [0.25, 0.3) is 0 Å². The van der Waals surface area contributed by atoms with E-state index in [0.717, 1.165) is 5.56 Å². The zero-order valence-electron chi connectivity index (χ0n) is 9.86. The average molecular weight is 217 g/mol. The molecule has 1 aliphatic rings. The van der Waals surface area contributed by atoms with Crippen molar-refractivity contribution in [1.82, 2.24) is 4.90 Å². The first-order valence-corrected chi connectivity index (χ1v) is 6.07. The van der Waals surface area contributed by atoms with Crippen LogP contribution in [0.15, 0.2) is 30.3 Å². The summed E-state index contributed by atoms with van der Waals surface area (Å²) >= 11 is 0. The highest BCUT2D eigenvalue weighted by Crippen LogP contribution is 2.22. The molecular weight excluding hydrogens is 198 g/mol. The summed E-state index contributed by atoms with van der Waals surface area (Å²) in [5, 5.41) is 0. The van der Waals surface area contributed by atoms with E-state index in [9.17, 15) is 4.79 Å². The number of likely N-dealkylation sites (N-methyl/N-ethyl adjacent to an activating group) is 1. The second-order valence-electron chi connectivity index (χ2n) is 4.61. The largest absolute Gasteiger partial charge is 0.342 e. The maximum absolute atomic E-state index is 12.0. The SMILES string of the molecule is CN(C(=O)Cc1ccccc1)C1CCCC1. The summed E-state index contributed by atoms with van der Waals surface area (Å²) in [6.07, 6.45) is 5.43. The van der Waals surface area contributed by atoms with Crippen molar-refractivity contribution in [2.75, 3.05) is 7.05 Å². The van der Waals surface area contributed by atoms with E-state index >= 15 is 0 Å². The molecule has 1 saturated carbocycles. The van der Waals surface area contributed by atoms with E-state index in [0.29, 0.717) is 12.5 Å². The van der Waals surface area contributed by atoms with E-state index in [1.54, 1.807) is 0 Å². The van der Waals surface area contributed by atoms with Gasteiger partial charge >= 0.3 is 0 Å². The first kappa shape index (κ1) is 11.2. The van der Waals surface area contributed by atoms with Gasteiger partial charge in [0.05, 0.1) is 6.42 Å². The molecule has 0 unspecified atom stereocenters. The van der Waals surface area contributed by atoms with Gasteiger partial charge in [0.1, 0.15) is 0 Å². The van der Waals surface area contributed by atoms with Crippen molar-refractivity contribution in [2.45, 2.75) is 38.1 Å². The van der Waals surface area contributed by atoms with Crippen molar-refractivity contribution in [2.24, 2.45) is 0 Å². The number of hydrogen-bond donors (Lipinski definition) is 0. The fourth-order valence-corrected chi connectivity index (χ4v) is 2.39. The highest BCUT2D eigenvalue weighted by Gasteiger charge is 2.22. The number of carbonyl (C=O) groups is 1. The molecule has 1 amide bonds. The van der Waals surface area contributed by atoms with Crippen LogP contribution in [0.3, 0.4) is 0 Å². The van der Waals surface area contributed by atoms with E-state index < -0.39 is 0 Å². The molecule has 0 N–H and O–H groups in total. The molecule has 0 heterocycles. The lowest BCUT2D eigenvalue weighted by Crippen LogP contribution is -2.36. The first-order valence-electron chi connectivity index (χ1n) is 6.07. The van der Waals surface area contributed by atoms with Gasteiger partial charge in [-0.1, -0.05) is 43.2 Å². The van der Waals surface area contributed by atoms with E-state index in [1.165, 1.54) is 25.7 Å². The minimum atomic E-state index is 0.248. The molecule has 2 nitrogen and oxygen atoms in total. The third kappa shape index (κ3) is 2.63. The summed E-state index contributed by atoms with van der Waals surface area (Å²) < 4.78 is 0. The van der Waals surface area contributed by atoms with Crippen LogP contribution >= 0.6 is 0 Å². The van der Waals surface area contributed by atoms with Crippen LogP contribution in [0.1, 0.15) is 31.2 Å². The van der Waals surface area contributed by atoms with Gasteiger partial charge in [0.15, 0.2) is 0 Å². The zero-order valence-corrected chi connectivity index (χ0v) is 9.86. The lowest BCUT2D eigenvalue weighted by molar-refractivity contribution is -0.131. The first-order chi connectivity index (χ1) is 7.77. The van der Waals surface area contributed by atoms with Crippen molar-refractivity contribution in [3.05, 3.63) is 35.9 Å². The number of hydrogen-bond acceptors (Lipinski definition) is 1. The van der Waals surface area contributed by atoms with Gasteiger partial charge in [-0.2, -0.15) is 0 Å². The molecule has 2 rings (SSSR count). The van der Waals surface area contributed by atoms with Crippen molar-refractivity contribution in [1.29, 1.82) is 0 Å². The monoisotopic (exact) mass is 217 g/mol. The standard InChI is InChI=1S/C14H19NO/c1-15(13-9-5-6-10-13)14(16)11-12-7-3-2-4-8-12/h2-4,7-8,13H,5-6,9-11H2,1H3. The van der Waals surface area contributed by atoms with Crippen LogP contribution < -0.4 is 0 Å². The number of amides is 1. The summed E-state index contributed by atoms with van der Waals surface area (Å²) in [4.78, 5) is 14.0. The van der Waals surface area contributed by atoms with Gasteiger partial charge < -0.3 is 4.90 Å². The summed E-state index contributed by atoms with van der Waals surface area (Å²) in [6.45, 7) is 0. The summed E-state index contributed by atoms with van der Waals surface area (Å²) in [6, 6.07) is 10.5. The maximum atomic E-state index is 12.0. The zero-order chi connectivity index (χ0) is 11.4. The molecule has 1 fully saturated rings. The minimum Gasteiger partial charge on any atom is -0.342 e. The van der Waals surface area contributed by atoms with Gasteiger partial charge in [-0.3, -0.25) is 4.79 Å². The highest BCUT2D eigenvalue weighted by atomic mass is 16.2. The third-order valence-electron chi connectivity index (χ3n) is 3.46. The molecule has 16 heavy (non-hydrogen) atoms. The topological polar surface area (TPSA) is 20.3 Å². The predicted molar refractivity (Wildman–Crippen MR) is 65.2 cm³/mol. The second-order valence-corrected chi connectivity index (χ2v) is 4.61. The molecule has 1 aromatic rings. The van der Waals surface area contributed by atoms with Gasteiger partial charge in [0.2, 0.25) is 5.91 Å². The fraction of sp³-hybridized carbons (Fsp3) is 0.500. The Morgan fingerprint density at radius 1 is 1.25 bits per heavy atom. The van der Waals surface area contributed by atoms with E-state index in [1.807, 2.05) is 42.3 Å². The molecule has 0 spiro atoms. The van der Waals surface area contributed by atoms with Gasteiger partial charge in [-0.25, -0.2) is 0 Å². The molecule has 0 atom stereocenters. The Morgan fingerprint density at radius 2 is 1.88 bits per heavy atom. The number of benzene rings is 1. The highest BCUT2D eigenvalue weighted by molar-refractivity contribution is 5.78. The maximum Gasteiger partial charge on any atom is 0.226 e. The molecule has 86 valence electrons. The molecule has 2 heteroatoms. The lowest BCUT2D eigenvalue weighted by atomic mass is 10.1. The second kappa shape index (κ2) is 5.15. The van der Waals surface area contributed by atoms with Crippen LogP contribution in [-0.2, 0) is 11.2 Å². The number of nitrogens with zero attached hydrogens (tertiary/aromatic N) is 1. The van der Waals surface area contributed by atoms with Crippen LogP contribution in [0, 0.1) is 0 Å². The molecule has 0 aromatic heterocycles. The third-order valence-corrected chi connectivity index (χ3v) is 3.46. The molecule has 0 aliphatic heterocycles. The normalized spacial score (nSPS) is 16.3. The van der Waals surface area contributed by atoms with E-state index in [-0.39, 0.29) is 5.91 Å². The van der Waals surface area contributed by atoms with Crippen molar-refractivity contribution in [3.8, 4) is 0 Å². The van der Waals surface area contributed by atoms with Crippen molar-refractivity contribution >= 4 is 5.91 Å². The Kier molecular flexibility index (Phi) is 3.60. The minimum absolute atomic E-state index is 0.248. The van der Waals surface area contributed by atoms with Crippen LogP contribution in [0.2, 0.25) is 0 Å². The Hall–Kier alpha value is -1.31. The molecule has 1 aliphatic carbocycles. The molecule has 0 saturated heterocycles. The van der Waals surface area contributed by atoms with Crippen LogP contribution in [0.5, 0.6) is 0 Å². The Morgan fingerprint density at radius 3 is 2.50 bits per heavy atom. The Labute approximate surface area is 97.3 Å². The quantitative estimate of drug-likeness (QED) is 0.762. The van der Waals surface area contributed by atoms with Crippen LogP contribution in [-0.4, -0.2) is 23.9 Å². The van der Waals surface area contributed by atoms with Gasteiger partial charge in [-0.15, -0.1) is 0 Å². The average Bonchev–Trinajstić information content (AvgIpc) is 2.83. The molecular formula is C14H19NO. The fourth-order valence-electron chi connectivity index (χ4n) is 2.39. The molecule has 0 radical (unpaired) electrons. The van der Waals surface area contributed by atoms with E-state index in [2.05, 4.69) is 0 Å². The van der Waals surface area contributed by atoms with Gasteiger partial charge in [0, 0.05) is 13.1 Å². The lowest BCUT2D eigenvalue weighted by Gasteiger charge is -2.24. The van der Waals surface area contributed by atoms with Gasteiger partial charge in [-0.05, 0) is 18.4 Å². The molecule has 0 bridgehead atoms. The van der Waals surface area contributed by atoms with Crippen LogP contribution in [0.25, 0.3) is 0 Å². The number of rotatable bonds is 3. The predicted octanol–water partition coefficient (Wildman–Crippen LogP) is 2.63. The summed E-state index contributed by atoms with van der Waals surface area (Å²) in [7, 11) is 1.95. The smallest absolute Gasteiger partial charge is 0.226 e. The number of carbonyl (C=O) groups excluding carboxylic acids is 1. The van der Waals surface area contributed by atoms with Crippen LogP contribution in [0.4, 0.5) is 0 Å². The van der Waals surface area contributed by atoms with Crippen molar-refractivity contribution < 1.29 is 4.79 Å². The van der Waals surface area contributed by atoms with Crippen molar-refractivity contribution in [3.63, 3.8) is 0 Å². The molecule has 1 aromatic carbocycles. The Bertz CT molecular complexity index is 341. The summed E-state index contributed by atoms with van der Waals surface area (Å²) in [5.74, 6) is 0.248. The van der Waals surface area contributed by atoms with E-state index in [4.69, 9.17) is 0 Å².